The Hall–Kier alpha value is -2.82. The minimum absolute atomic E-state index is 0.0437. The Balaban J connectivity index is 2.09. The number of para-hydroxylation sites is 1. The van der Waals surface area contributed by atoms with Gasteiger partial charge in [0.05, 0.1) is 17.5 Å². The molecule has 0 fully saturated rings. The number of carboxylic acid groups (broad SMARTS) is 1. The highest BCUT2D eigenvalue weighted by Gasteiger charge is 2.10. The highest BCUT2D eigenvalue weighted by molar-refractivity contribution is 6.05. The molecule has 5 nitrogen and oxygen atoms in total. The smallest absolute Gasteiger partial charge is 0.337 e. The van der Waals surface area contributed by atoms with E-state index in [4.69, 9.17) is 9.52 Å². The summed E-state index contributed by atoms with van der Waals surface area (Å²) in [5.74, 6) is -0.974. The Labute approximate surface area is 109 Å². The van der Waals surface area contributed by atoms with Crippen LogP contribution >= 0.6 is 0 Å². The molecule has 1 amide bonds. The highest BCUT2D eigenvalue weighted by Crippen LogP contribution is 2.15. The van der Waals surface area contributed by atoms with Crippen molar-refractivity contribution in [3.05, 3.63) is 60.1 Å². The zero-order valence-electron chi connectivity index (χ0n) is 9.87. The first kappa shape index (κ1) is 12.6. The lowest BCUT2D eigenvalue weighted by molar-refractivity contribution is -0.111. The van der Waals surface area contributed by atoms with E-state index in [-0.39, 0.29) is 11.3 Å². The molecule has 0 aliphatic carbocycles. The third-order valence-electron chi connectivity index (χ3n) is 2.36. The molecule has 2 aromatic rings. The largest absolute Gasteiger partial charge is 0.478 e. The van der Waals surface area contributed by atoms with E-state index in [0.29, 0.717) is 5.76 Å². The van der Waals surface area contributed by atoms with Gasteiger partial charge in [-0.1, -0.05) is 12.1 Å². The number of carbonyl (C=O) groups is 2. The molecular weight excluding hydrogens is 246 g/mol. The number of rotatable bonds is 4. The van der Waals surface area contributed by atoms with E-state index in [1.807, 2.05) is 0 Å². The lowest BCUT2D eigenvalue weighted by Crippen LogP contribution is -2.11. The Morgan fingerprint density at radius 3 is 2.63 bits per heavy atom. The van der Waals surface area contributed by atoms with Crippen LogP contribution in [0.3, 0.4) is 0 Å². The number of anilines is 1. The van der Waals surface area contributed by atoms with Gasteiger partial charge in [0.1, 0.15) is 5.76 Å². The summed E-state index contributed by atoms with van der Waals surface area (Å²) in [5.41, 5.74) is 0.298. The van der Waals surface area contributed by atoms with Crippen LogP contribution in [0.5, 0.6) is 0 Å². The van der Waals surface area contributed by atoms with Crippen LogP contribution in [0.25, 0.3) is 6.08 Å². The molecule has 0 spiro atoms. The lowest BCUT2D eigenvalue weighted by atomic mass is 10.2. The van der Waals surface area contributed by atoms with Crippen molar-refractivity contribution in [3.63, 3.8) is 0 Å². The third-order valence-corrected chi connectivity index (χ3v) is 2.36. The molecule has 0 radical (unpaired) electrons. The number of amides is 1. The topological polar surface area (TPSA) is 79.5 Å². The van der Waals surface area contributed by atoms with Crippen molar-refractivity contribution in [3.8, 4) is 0 Å². The summed E-state index contributed by atoms with van der Waals surface area (Å²) in [6.45, 7) is 0. The molecule has 5 heteroatoms. The maximum absolute atomic E-state index is 11.6. The van der Waals surface area contributed by atoms with Crippen molar-refractivity contribution in [2.75, 3.05) is 5.32 Å². The third kappa shape index (κ3) is 3.32. The number of aromatic carboxylic acids is 1. The van der Waals surface area contributed by atoms with E-state index in [0.717, 1.165) is 0 Å². The van der Waals surface area contributed by atoms with Crippen molar-refractivity contribution in [2.45, 2.75) is 0 Å². The van der Waals surface area contributed by atoms with Gasteiger partial charge in [-0.25, -0.2) is 4.79 Å². The van der Waals surface area contributed by atoms with Crippen LogP contribution in [-0.2, 0) is 4.79 Å². The molecule has 1 aromatic carbocycles. The van der Waals surface area contributed by atoms with Crippen LogP contribution in [-0.4, -0.2) is 17.0 Å². The fourth-order valence-corrected chi connectivity index (χ4v) is 1.50. The minimum Gasteiger partial charge on any atom is -0.478 e. The van der Waals surface area contributed by atoms with Crippen LogP contribution in [0.1, 0.15) is 16.1 Å². The second-order valence-electron chi connectivity index (χ2n) is 3.69. The SMILES string of the molecule is O=C(/C=C/c1ccco1)Nc1ccccc1C(=O)O. The Morgan fingerprint density at radius 2 is 1.95 bits per heavy atom. The van der Waals surface area contributed by atoms with Crippen molar-refractivity contribution in [1.82, 2.24) is 0 Å². The summed E-state index contributed by atoms with van der Waals surface area (Å²) < 4.78 is 5.04. The first-order valence-electron chi connectivity index (χ1n) is 5.52. The van der Waals surface area contributed by atoms with Crippen LogP contribution in [0, 0.1) is 0 Å². The summed E-state index contributed by atoms with van der Waals surface area (Å²) >= 11 is 0. The van der Waals surface area contributed by atoms with E-state index in [1.54, 1.807) is 24.3 Å². The lowest BCUT2D eigenvalue weighted by Gasteiger charge is -2.05. The number of nitrogens with one attached hydrogen (secondary N) is 1. The number of hydrogen-bond acceptors (Lipinski definition) is 3. The normalized spacial score (nSPS) is 10.5. The fraction of sp³-hybridized carbons (Fsp3) is 0. The number of carbonyl (C=O) groups excluding carboxylic acids is 1. The molecule has 0 aliphatic heterocycles. The number of furan rings is 1. The molecule has 0 bridgehead atoms. The van der Waals surface area contributed by atoms with Crippen molar-refractivity contribution >= 4 is 23.6 Å². The summed E-state index contributed by atoms with van der Waals surface area (Å²) in [7, 11) is 0. The predicted molar refractivity (Wildman–Crippen MR) is 69.8 cm³/mol. The molecule has 1 heterocycles. The van der Waals surface area contributed by atoms with Gasteiger partial charge in [0, 0.05) is 6.08 Å². The molecule has 0 unspecified atom stereocenters. The monoisotopic (exact) mass is 257 g/mol. The zero-order chi connectivity index (χ0) is 13.7. The maximum Gasteiger partial charge on any atom is 0.337 e. The quantitative estimate of drug-likeness (QED) is 0.825. The van der Waals surface area contributed by atoms with E-state index in [2.05, 4.69) is 5.32 Å². The van der Waals surface area contributed by atoms with Gasteiger partial charge in [0.25, 0.3) is 0 Å². The summed E-state index contributed by atoms with van der Waals surface area (Å²) in [6, 6.07) is 9.61. The predicted octanol–water partition coefficient (Wildman–Crippen LogP) is 2.63. The van der Waals surface area contributed by atoms with E-state index in [9.17, 15) is 9.59 Å². The van der Waals surface area contributed by atoms with E-state index in [1.165, 1.54) is 30.5 Å². The first-order chi connectivity index (χ1) is 9.16. The molecule has 0 saturated heterocycles. The van der Waals surface area contributed by atoms with Crippen LogP contribution in [0.2, 0.25) is 0 Å². The highest BCUT2D eigenvalue weighted by atomic mass is 16.4. The summed E-state index contributed by atoms with van der Waals surface area (Å²) in [4.78, 5) is 22.6. The van der Waals surface area contributed by atoms with Gasteiger partial charge in [0.15, 0.2) is 0 Å². The Kier molecular flexibility index (Phi) is 3.78. The van der Waals surface area contributed by atoms with Crippen LogP contribution in [0.15, 0.2) is 53.2 Å². The Morgan fingerprint density at radius 1 is 1.16 bits per heavy atom. The van der Waals surface area contributed by atoms with Crippen molar-refractivity contribution < 1.29 is 19.1 Å². The molecule has 96 valence electrons. The first-order valence-corrected chi connectivity index (χ1v) is 5.52. The molecule has 1 aromatic heterocycles. The Bertz CT molecular complexity index is 614. The van der Waals surface area contributed by atoms with E-state index >= 15 is 0 Å². The molecule has 0 aliphatic rings. The fourth-order valence-electron chi connectivity index (χ4n) is 1.50. The van der Waals surface area contributed by atoms with Gasteiger partial charge < -0.3 is 14.8 Å². The molecular formula is C14H11NO4. The second-order valence-corrected chi connectivity index (χ2v) is 3.69. The number of benzene rings is 1. The number of carboxylic acids is 1. The second kappa shape index (κ2) is 5.68. The van der Waals surface area contributed by atoms with Crippen LogP contribution < -0.4 is 5.32 Å². The van der Waals surface area contributed by atoms with Gasteiger partial charge in [0.2, 0.25) is 5.91 Å². The summed E-state index contributed by atoms with van der Waals surface area (Å²) in [5, 5.41) is 11.5. The van der Waals surface area contributed by atoms with Gasteiger partial charge in [-0.15, -0.1) is 0 Å². The standard InChI is InChI=1S/C14H11NO4/c16-13(8-7-10-4-3-9-19-10)15-12-6-2-1-5-11(12)14(17)18/h1-9H,(H,15,16)(H,17,18)/b8-7+. The molecule has 19 heavy (non-hydrogen) atoms. The van der Waals surface area contributed by atoms with E-state index < -0.39 is 11.9 Å². The molecule has 2 N–H and O–H groups in total. The van der Waals surface area contributed by atoms with Gasteiger partial charge >= 0.3 is 5.97 Å². The zero-order valence-corrected chi connectivity index (χ0v) is 9.87. The average Bonchev–Trinajstić information content (AvgIpc) is 2.90. The van der Waals surface area contributed by atoms with Crippen molar-refractivity contribution in [2.24, 2.45) is 0 Å². The van der Waals surface area contributed by atoms with Crippen molar-refractivity contribution in [1.29, 1.82) is 0 Å². The van der Waals surface area contributed by atoms with Gasteiger partial charge in [-0.05, 0) is 30.3 Å². The molecule has 0 saturated carbocycles. The van der Waals surface area contributed by atoms with Gasteiger partial charge in [-0.3, -0.25) is 4.79 Å². The molecule has 2 rings (SSSR count). The van der Waals surface area contributed by atoms with Crippen LogP contribution in [0.4, 0.5) is 5.69 Å². The minimum atomic E-state index is -1.09. The number of hydrogen-bond donors (Lipinski definition) is 2. The summed E-state index contributed by atoms with van der Waals surface area (Å²) in [6.07, 6.45) is 4.27. The van der Waals surface area contributed by atoms with Gasteiger partial charge in [-0.2, -0.15) is 0 Å². The molecule has 0 atom stereocenters. The average molecular weight is 257 g/mol. The maximum atomic E-state index is 11.6.